The van der Waals surface area contributed by atoms with Crippen LogP contribution in [0.1, 0.15) is 31.7 Å². The summed E-state index contributed by atoms with van der Waals surface area (Å²) in [5.74, 6) is 0.850. The molecule has 2 rings (SSSR count). The summed E-state index contributed by atoms with van der Waals surface area (Å²) < 4.78 is 0. The van der Waals surface area contributed by atoms with Crippen molar-refractivity contribution in [2.75, 3.05) is 6.54 Å². The van der Waals surface area contributed by atoms with E-state index in [0.29, 0.717) is 0 Å². The molecule has 0 aliphatic carbocycles. The van der Waals surface area contributed by atoms with Gasteiger partial charge in [-0.3, -0.25) is 4.99 Å². The second kappa shape index (κ2) is 4.41. The first-order valence-electron chi connectivity index (χ1n) is 5.49. The van der Waals surface area contributed by atoms with Crippen LogP contribution in [0.3, 0.4) is 0 Å². The Balaban J connectivity index is 2.16. The molecule has 0 saturated heterocycles. The van der Waals surface area contributed by atoms with Gasteiger partial charge < -0.3 is 0 Å². The van der Waals surface area contributed by atoms with Crippen molar-refractivity contribution in [3.05, 3.63) is 35.9 Å². The normalized spacial score (nSPS) is 21.8. The van der Waals surface area contributed by atoms with E-state index in [1.54, 1.807) is 0 Å². The van der Waals surface area contributed by atoms with Crippen molar-refractivity contribution in [1.82, 2.24) is 0 Å². The number of nitrogens with zero attached hydrogens (tertiary/aromatic N) is 1. The predicted molar refractivity (Wildman–Crippen MR) is 60.9 cm³/mol. The molecule has 1 atom stereocenters. The minimum absolute atomic E-state index is 0.850. The molecule has 0 fully saturated rings. The van der Waals surface area contributed by atoms with Gasteiger partial charge in [-0.2, -0.15) is 0 Å². The Morgan fingerprint density at radius 3 is 2.79 bits per heavy atom. The van der Waals surface area contributed by atoms with Crippen LogP contribution in [0.5, 0.6) is 0 Å². The number of aliphatic imine (C=N–C) groups is 1. The maximum absolute atomic E-state index is 4.61. The Morgan fingerprint density at radius 1 is 1.29 bits per heavy atom. The highest BCUT2D eigenvalue weighted by molar-refractivity contribution is 6.01. The van der Waals surface area contributed by atoms with Crippen LogP contribution in [0.4, 0.5) is 0 Å². The maximum Gasteiger partial charge on any atom is 0.0423 e. The van der Waals surface area contributed by atoms with E-state index in [2.05, 4.69) is 42.2 Å². The smallest absolute Gasteiger partial charge is 0.0423 e. The van der Waals surface area contributed by atoms with Crippen molar-refractivity contribution < 1.29 is 0 Å². The Morgan fingerprint density at radius 2 is 2.07 bits per heavy atom. The summed E-state index contributed by atoms with van der Waals surface area (Å²) in [6.45, 7) is 3.29. The molecule has 1 nitrogen and oxygen atoms in total. The van der Waals surface area contributed by atoms with Crippen LogP contribution in [0.25, 0.3) is 0 Å². The third-order valence-corrected chi connectivity index (χ3v) is 3.01. The second-order valence-electron chi connectivity index (χ2n) is 3.96. The molecule has 1 aliphatic heterocycles. The molecule has 0 spiro atoms. The van der Waals surface area contributed by atoms with Crippen molar-refractivity contribution in [3.63, 3.8) is 0 Å². The van der Waals surface area contributed by atoms with Gasteiger partial charge in [-0.1, -0.05) is 43.7 Å². The van der Waals surface area contributed by atoms with E-state index >= 15 is 0 Å². The van der Waals surface area contributed by atoms with Gasteiger partial charge in [0.25, 0.3) is 0 Å². The molecule has 1 aromatic rings. The summed E-state index contributed by atoms with van der Waals surface area (Å²) in [7, 11) is 0. The summed E-state index contributed by atoms with van der Waals surface area (Å²) in [6.07, 6.45) is 3.72. The van der Waals surface area contributed by atoms with Gasteiger partial charge in [-0.05, 0) is 24.3 Å². The van der Waals surface area contributed by atoms with Crippen LogP contribution < -0.4 is 0 Å². The van der Waals surface area contributed by atoms with Crippen LogP contribution in [0.2, 0.25) is 0 Å². The van der Waals surface area contributed by atoms with Gasteiger partial charge in [-0.25, -0.2) is 0 Å². The maximum atomic E-state index is 4.61. The van der Waals surface area contributed by atoms with Crippen LogP contribution in [-0.2, 0) is 0 Å². The van der Waals surface area contributed by atoms with E-state index in [4.69, 9.17) is 0 Å². The molecule has 1 heterocycles. The van der Waals surface area contributed by atoms with E-state index in [1.165, 1.54) is 30.5 Å². The lowest BCUT2D eigenvalue weighted by Gasteiger charge is -2.20. The van der Waals surface area contributed by atoms with Crippen LogP contribution in [-0.4, -0.2) is 12.3 Å². The average molecular weight is 187 g/mol. The standard InChI is InChI=1S/C13H17N/c1-2-11-8-9-14-13(10-11)12-6-4-3-5-7-12/h3-7,11H,2,8-10H2,1H3. The van der Waals surface area contributed by atoms with Gasteiger partial charge in [0, 0.05) is 12.3 Å². The fourth-order valence-electron chi connectivity index (χ4n) is 2.01. The molecular formula is C13H17N. The van der Waals surface area contributed by atoms with Crippen LogP contribution in [0, 0.1) is 5.92 Å². The van der Waals surface area contributed by atoms with Crippen molar-refractivity contribution in [3.8, 4) is 0 Å². The van der Waals surface area contributed by atoms with Gasteiger partial charge >= 0.3 is 0 Å². The zero-order valence-electron chi connectivity index (χ0n) is 8.74. The van der Waals surface area contributed by atoms with E-state index in [0.717, 1.165) is 12.5 Å². The molecule has 1 aliphatic rings. The molecule has 1 aromatic carbocycles. The summed E-state index contributed by atoms with van der Waals surface area (Å²) in [5, 5.41) is 0. The Hall–Kier alpha value is -1.11. The average Bonchev–Trinajstić information content (AvgIpc) is 2.30. The molecule has 0 bridgehead atoms. The summed E-state index contributed by atoms with van der Waals surface area (Å²) in [6, 6.07) is 10.6. The van der Waals surface area contributed by atoms with E-state index in [1.807, 2.05) is 0 Å². The summed E-state index contributed by atoms with van der Waals surface area (Å²) in [5.41, 5.74) is 2.62. The summed E-state index contributed by atoms with van der Waals surface area (Å²) >= 11 is 0. The molecule has 1 unspecified atom stereocenters. The van der Waals surface area contributed by atoms with Crippen molar-refractivity contribution in [2.24, 2.45) is 10.9 Å². The SMILES string of the molecule is CCC1CCN=C(c2ccccc2)C1. The van der Waals surface area contributed by atoms with E-state index < -0.39 is 0 Å². The first-order valence-corrected chi connectivity index (χ1v) is 5.49. The molecule has 1 heteroatoms. The molecule has 0 N–H and O–H groups in total. The highest BCUT2D eigenvalue weighted by atomic mass is 14.8. The number of hydrogen-bond acceptors (Lipinski definition) is 1. The number of rotatable bonds is 2. The zero-order chi connectivity index (χ0) is 9.80. The first-order chi connectivity index (χ1) is 6.90. The zero-order valence-corrected chi connectivity index (χ0v) is 8.74. The summed E-state index contributed by atoms with van der Waals surface area (Å²) in [4.78, 5) is 4.61. The lowest BCUT2D eigenvalue weighted by atomic mass is 9.90. The molecule has 14 heavy (non-hydrogen) atoms. The quantitative estimate of drug-likeness (QED) is 0.673. The minimum Gasteiger partial charge on any atom is -0.289 e. The first kappa shape index (κ1) is 9.45. The predicted octanol–water partition coefficient (Wildman–Crippen LogP) is 3.30. The molecule has 0 aromatic heterocycles. The Labute approximate surface area is 85.9 Å². The lowest BCUT2D eigenvalue weighted by Crippen LogP contribution is -2.16. The fraction of sp³-hybridized carbons (Fsp3) is 0.462. The third-order valence-electron chi connectivity index (χ3n) is 3.01. The molecular weight excluding hydrogens is 170 g/mol. The van der Waals surface area contributed by atoms with E-state index in [9.17, 15) is 0 Å². The molecule has 74 valence electrons. The van der Waals surface area contributed by atoms with Crippen LogP contribution >= 0.6 is 0 Å². The minimum atomic E-state index is 0.850. The van der Waals surface area contributed by atoms with Gasteiger partial charge in [0.2, 0.25) is 0 Å². The third kappa shape index (κ3) is 2.03. The number of benzene rings is 1. The largest absolute Gasteiger partial charge is 0.289 e. The van der Waals surface area contributed by atoms with Crippen molar-refractivity contribution in [2.45, 2.75) is 26.2 Å². The Bertz CT molecular complexity index is 313. The topological polar surface area (TPSA) is 12.4 Å². The van der Waals surface area contributed by atoms with Gasteiger partial charge in [0.1, 0.15) is 0 Å². The highest BCUT2D eigenvalue weighted by Gasteiger charge is 2.15. The molecule has 0 amide bonds. The van der Waals surface area contributed by atoms with E-state index in [-0.39, 0.29) is 0 Å². The van der Waals surface area contributed by atoms with Gasteiger partial charge in [0.15, 0.2) is 0 Å². The Kier molecular flexibility index (Phi) is 2.97. The highest BCUT2D eigenvalue weighted by Crippen LogP contribution is 2.21. The monoisotopic (exact) mass is 187 g/mol. The van der Waals surface area contributed by atoms with Crippen LogP contribution in [0.15, 0.2) is 35.3 Å². The van der Waals surface area contributed by atoms with Gasteiger partial charge in [0.05, 0.1) is 0 Å². The number of hydrogen-bond donors (Lipinski definition) is 0. The second-order valence-corrected chi connectivity index (χ2v) is 3.96. The molecule has 0 radical (unpaired) electrons. The fourth-order valence-corrected chi connectivity index (χ4v) is 2.01. The lowest BCUT2D eigenvalue weighted by molar-refractivity contribution is 0.479. The molecule has 0 saturated carbocycles. The van der Waals surface area contributed by atoms with Crippen molar-refractivity contribution >= 4 is 5.71 Å². The van der Waals surface area contributed by atoms with Gasteiger partial charge in [-0.15, -0.1) is 0 Å². The van der Waals surface area contributed by atoms with Crippen molar-refractivity contribution in [1.29, 1.82) is 0 Å².